The Morgan fingerprint density at radius 1 is 0.828 bits per heavy atom. The first-order chi connectivity index (χ1) is 14.0. The van der Waals surface area contributed by atoms with E-state index in [-0.39, 0.29) is 18.7 Å². The SMILES string of the molecule is CCN1C(=O)C(=C2CCC/C2=C2/Sc3ccccc3N2CC)C(=O)N(CC)C1=O. The van der Waals surface area contributed by atoms with Gasteiger partial charge in [0.15, 0.2) is 0 Å². The summed E-state index contributed by atoms with van der Waals surface area (Å²) >= 11 is 1.70. The number of carbonyl (C=O) groups excluding carboxylic acids is 3. The fourth-order valence-corrected chi connectivity index (χ4v) is 5.65. The fraction of sp³-hybridized carbons (Fsp3) is 0.409. The summed E-state index contributed by atoms with van der Waals surface area (Å²) in [5.74, 6) is -0.906. The zero-order valence-corrected chi connectivity index (χ0v) is 17.8. The Bertz CT molecular complexity index is 938. The molecule has 4 rings (SSSR count). The lowest BCUT2D eigenvalue weighted by Gasteiger charge is -2.33. The van der Waals surface area contributed by atoms with Crippen LogP contribution >= 0.6 is 11.8 Å². The molecule has 0 N–H and O–H groups in total. The highest BCUT2D eigenvalue weighted by Gasteiger charge is 2.44. The minimum absolute atomic E-state index is 0.181. The zero-order chi connectivity index (χ0) is 20.7. The van der Waals surface area contributed by atoms with Gasteiger partial charge in [-0.05, 0) is 63.3 Å². The van der Waals surface area contributed by atoms with Gasteiger partial charge in [-0.1, -0.05) is 23.9 Å². The Kier molecular flexibility index (Phi) is 5.25. The molecule has 0 bridgehead atoms. The second-order valence-corrected chi connectivity index (χ2v) is 8.22. The summed E-state index contributed by atoms with van der Waals surface area (Å²) in [7, 11) is 0. The molecule has 1 saturated heterocycles. The molecule has 3 aliphatic rings. The number of fused-ring (bicyclic) bond motifs is 1. The quantitative estimate of drug-likeness (QED) is 0.553. The number of hydrogen-bond acceptors (Lipinski definition) is 5. The number of anilines is 1. The Labute approximate surface area is 175 Å². The van der Waals surface area contributed by atoms with Gasteiger partial charge in [0.2, 0.25) is 0 Å². The third kappa shape index (κ3) is 2.99. The largest absolute Gasteiger partial charge is 0.335 e. The van der Waals surface area contributed by atoms with Crippen molar-refractivity contribution in [3.05, 3.63) is 46.0 Å². The van der Waals surface area contributed by atoms with Crippen LogP contribution in [-0.2, 0) is 9.59 Å². The first kappa shape index (κ1) is 19.8. The Hall–Kier alpha value is -2.54. The van der Waals surface area contributed by atoms with Crippen LogP contribution in [0, 0.1) is 0 Å². The standard InChI is InChI=1S/C22H25N3O3S/c1-4-23-16-12-7-8-13-17(16)29-21(23)15-11-9-10-14(15)18-19(26)24(5-2)22(28)25(6-3)20(18)27/h7-8,12-13H,4-6,9-11H2,1-3H3/b21-15-. The van der Waals surface area contributed by atoms with E-state index in [1.54, 1.807) is 25.6 Å². The lowest BCUT2D eigenvalue weighted by Crippen LogP contribution is -2.56. The van der Waals surface area contributed by atoms with Gasteiger partial charge in [-0.25, -0.2) is 4.79 Å². The van der Waals surface area contributed by atoms with Crippen LogP contribution in [-0.4, -0.2) is 47.3 Å². The van der Waals surface area contributed by atoms with Crippen molar-refractivity contribution in [1.29, 1.82) is 0 Å². The molecule has 0 radical (unpaired) electrons. The number of para-hydroxylation sites is 1. The van der Waals surface area contributed by atoms with Crippen molar-refractivity contribution in [2.75, 3.05) is 24.5 Å². The first-order valence-corrected chi connectivity index (χ1v) is 11.0. The number of carbonyl (C=O) groups is 3. The van der Waals surface area contributed by atoms with E-state index in [4.69, 9.17) is 0 Å². The number of thioether (sulfide) groups is 1. The van der Waals surface area contributed by atoms with Crippen LogP contribution in [0.3, 0.4) is 0 Å². The lowest BCUT2D eigenvalue weighted by molar-refractivity contribution is -0.135. The molecule has 0 unspecified atom stereocenters. The van der Waals surface area contributed by atoms with Crippen LogP contribution in [0.1, 0.15) is 40.0 Å². The van der Waals surface area contributed by atoms with Crippen molar-refractivity contribution in [3.8, 4) is 0 Å². The molecule has 0 spiro atoms. The second-order valence-electron chi connectivity index (χ2n) is 7.19. The average molecular weight is 412 g/mol. The summed E-state index contributed by atoms with van der Waals surface area (Å²) in [6.45, 7) is 6.96. The van der Waals surface area contributed by atoms with E-state index in [2.05, 4.69) is 24.0 Å². The number of barbiturate groups is 1. The number of urea groups is 1. The molecule has 1 saturated carbocycles. The summed E-state index contributed by atoms with van der Waals surface area (Å²) < 4.78 is 0. The molecule has 152 valence electrons. The van der Waals surface area contributed by atoms with Crippen LogP contribution in [0.4, 0.5) is 10.5 Å². The molecule has 7 heteroatoms. The maximum Gasteiger partial charge on any atom is 0.333 e. The van der Waals surface area contributed by atoms with E-state index in [9.17, 15) is 14.4 Å². The van der Waals surface area contributed by atoms with Gasteiger partial charge in [-0.15, -0.1) is 0 Å². The zero-order valence-electron chi connectivity index (χ0n) is 17.0. The number of imide groups is 2. The predicted octanol–water partition coefficient (Wildman–Crippen LogP) is 4.14. The van der Waals surface area contributed by atoms with Gasteiger partial charge < -0.3 is 4.90 Å². The molecule has 2 fully saturated rings. The Morgan fingerprint density at radius 3 is 2.03 bits per heavy atom. The summed E-state index contributed by atoms with van der Waals surface area (Å²) in [6, 6.07) is 7.75. The first-order valence-electron chi connectivity index (χ1n) is 10.2. The molecule has 1 aromatic rings. The van der Waals surface area contributed by atoms with E-state index in [0.717, 1.165) is 35.6 Å². The van der Waals surface area contributed by atoms with E-state index >= 15 is 0 Å². The van der Waals surface area contributed by atoms with Gasteiger partial charge in [0.1, 0.15) is 5.57 Å². The Balaban J connectivity index is 1.87. The van der Waals surface area contributed by atoms with E-state index in [1.165, 1.54) is 20.4 Å². The van der Waals surface area contributed by atoms with E-state index in [1.807, 2.05) is 12.1 Å². The highest BCUT2D eigenvalue weighted by Crippen LogP contribution is 2.51. The van der Waals surface area contributed by atoms with Crippen LogP contribution in [0.15, 0.2) is 50.9 Å². The lowest BCUT2D eigenvalue weighted by atomic mass is 9.99. The van der Waals surface area contributed by atoms with Gasteiger partial charge in [-0.2, -0.15) is 0 Å². The molecular weight excluding hydrogens is 386 g/mol. The second kappa shape index (κ2) is 7.71. The smallest absolute Gasteiger partial charge is 0.333 e. The molecular formula is C22H25N3O3S. The number of rotatable bonds is 3. The molecule has 1 aromatic carbocycles. The Morgan fingerprint density at radius 2 is 1.41 bits per heavy atom. The van der Waals surface area contributed by atoms with Gasteiger partial charge in [0.05, 0.1) is 10.7 Å². The molecule has 0 atom stereocenters. The van der Waals surface area contributed by atoms with Crippen LogP contribution < -0.4 is 4.90 Å². The van der Waals surface area contributed by atoms with Crippen molar-refractivity contribution < 1.29 is 14.4 Å². The van der Waals surface area contributed by atoms with Crippen molar-refractivity contribution in [1.82, 2.24) is 9.80 Å². The maximum absolute atomic E-state index is 13.1. The normalized spacial score (nSPS) is 22.3. The topological polar surface area (TPSA) is 60.9 Å². The number of allylic oxidation sites excluding steroid dienone is 2. The summed E-state index contributed by atoms with van der Waals surface area (Å²) in [6.07, 6.45) is 2.42. The summed E-state index contributed by atoms with van der Waals surface area (Å²) in [4.78, 5) is 44.6. The third-order valence-corrected chi connectivity index (χ3v) is 6.94. The van der Waals surface area contributed by atoms with Gasteiger partial charge in [-0.3, -0.25) is 19.4 Å². The molecule has 29 heavy (non-hydrogen) atoms. The molecule has 4 amide bonds. The average Bonchev–Trinajstić information content (AvgIpc) is 3.32. The molecule has 2 heterocycles. The van der Waals surface area contributed by atoms with Gasteiger partial charge in [0.25, 0.3) is 11.8 Å². The van der Waals surface area contributed by atoms with Crippen molar-refractivity contribution in [2.45, 2.75) is 44.9 Å². The monoisotopic (exact) mass is 411 g/mol. The molecule has 0 aromatic heterocycles. The third-order valence-electron chi connectivity index (χ3n) is 5.71. The van der Waals surface area contributed by atoms with E-state index in [0.29, 0.717) is 6.42 Å². The predicted molar refractivity (Wildman–Crippen MR) is 113 cm³/mol. The van der Waals surface area contributed by atoms with Crippen LogP contribution in [0.25, 0.3) is 0 Å². The minimum Gasteiger partial charge on any atom is -0.335 e. The minimum atomic E-state index is -0.514. The molecule has 1 aliphatic carbocycles. The number of benzene rings is 1. The maximum atomic E-state index is 13.1. The van der Waals surface area contributed by atoms with Crippen molar-refractivity contribution in [2.24, 2.45) is 0 Å². The summed E-state index contributed by atoms with van der Waals surface area (Å²) in [5.41, 5.74) is 3.24. The van der Waals surface area contributed by atoms with Crippen LogP contribution in [0.5, 0.6) is 0 Å². The highest BCUT2D eigenvalue weighted by atomic mass is 32.2. The molecule has 2 aliphatic heterocycles. The van der Waals surface area contributed by atoms with E-state index < -0.39 is 17.8 Å². The number of amides is 4. The van der Waals surface area contributed by atoms with Gasteiger partial charge >= 0.3 is 6.03 Å². The highest BCUT2D eigenvalue weighted by molar-refractivity contribution is 8.03. The van der Waals surface area contributed by atoms with Crippen LogP contribution in [0.2, 0.25) is 0 Å². The molecule has 6 nitrogen and oxygen atoms in total. The number of likely N-dealkylation sites (N-methyl/N-ethyl adjacent to an activating group) is 2. The number of hydrogen-bond donors (Lipinski definition) is 0. The number of nitrogens with zero attached hydrogens (tertiary/aromatic N) is 3. The van der Waals surface area contributed by atoms with Crippen molar-refractivity contribution in [3.63, 3.8) is 0 Å². The van der Waals surface area contributed by atoms with Gasteiger partial charge in [0, 0.05) is 24.5 Å². The fourth-order valence-electron chi connectivity index (χ4n) is 4.33. The summed E-state index contributed by atoms with van der Waals surface area (Å²) in [5, 5.41) is 1.11. The van der Waals surface area contributed by atoms with Crippen molar-refractivity contribution >= 4 is 35.3 Å².